The van der Waals surface area contributed by atoms with Crippen LogP contribution in [0, 0.1) is 0 Å². The summed E-state index contributed by atoms with van der Waals surface area (Å²) in [5, 5.41) is 10.4. The monoisotopic (exact) mass is 319 g/mol. The first-order chi connectivity index (χ1) is 10.3. The molecule has 0 radical (unpaired) electrons. The molecule has 2 heterocycles. The van der Waals surface area contributed by atoms with E-state index in [4.69, 9.17) is 5.73 Å². The maximum Gasteiger partial charge on any atom is 0.191 e. The van der Waals surface area contributed by atoms with Gasteiger partial charge in [-0.2, -0.15) is 0 Å². The van der Waals surface area contributed by atoms with Gasteiger partial charge in [-0.1, -0.05) is 30.8 Å². The van der Waals surface area contributed by atoms with E-state index in [-0.39, 0.29) is 0 Å². The molecule has 2 N–H and O–H groups in total. The Hall–Kier alpha value is -1.44. The van der Waals surface area contributed by atoms with Crippen molar-refractivity contribution in [2.45, 2.75) is 37.3 Å². The molecule has 0 aliphatic rings. The number of benzene rings is 1. The van der Waals surface area contributed by atoms with E-state index < -0.39 is 0 Å². The van der Waals surface area contributed by atoms with Crippen molar-refractivity contribution < 1.29 is 0 Å². The van der Waals surface area contributed by atoms with Gasteiger partial charge in [0, 0.05) is 6.54 Å². The molecular formula is C14H17N5S2. The molecule has 0 atom stereocenters. The Bertz CT molecular complexity index is 701. The zero-order chi connectivity index (χ0) is 14.7. The number of nitrogens with zero attached hydrogens (tertiary/aromatic N) is 4. The molecular weight excluding hydrogens is 302 g/mol. The summed E-state index contributed by atoms with van der Waals surface area (Å²) < 4.78 is 3.34. The molecule has 1 aromatic carbocycles. The second-order valence-electron chi connectivity index (χ2n) is 4.62. The van der Waals surface area contributed by atoms with Crippen molar-refractivity contribution in [3.63, 3.8) is 0 Å². The van der Waals surface area contributed by atoms with Gasteiger partial charge in [0.05, 0.1) is 22.5 Å². The van der Waals surface area contributed by atoms with Crippen molar-refractivity contribution in [2.75, 3.05) is 0 Å². The fourth-order valence-corrected chi connectivity index (χ4v) is 4.08. The van der Waals surface area contributed by atoms with E-state index in [2.05, 4.69) is 32.7 Å². The Morgan fingerprint density at radius 1 is 1.29 bits per heavy atom. The van der Waals surface area contributed by atoms with Crippen molar-refractivity contribution in [3.8, 4) is 0 Å². The molecule has 0 saturated heterocycles. The van der Waals surface area contributed by atoms with E-state index in [9.17, 15) is 0 Å². The van der Waals surface area contributed by atoms with Crippen molar-refractivity contribution in [3.05, 3.63) is 35.1 Å². The first kappa shape index (κ1) is 14.5. The Balaban J connectivity index is 1.76. The largest absolute Gasteiger partial charge is 0.324 e. The molecule has 0 aliphatic heterocycles. The van der Waals surface area contributed by atoms with E-state index in [1.807, 2.05) is 18.2 Å². The molecule has 0 spiro atoms. The van der Waals surface area contributed by atoms with Gasteiger partial charge in [-0.3, -0.25) is 0 Å². The van der Waals surface area contributed by atoms with Gasteiger partial charge < -0.3 is 10.3 Å². The Kier molecular flexibility index (Phi) is 4.52. The van der Waals surface area contributed by atoms with Crippen LogP contribution in [0.5, 0.6) is 0 Å². The van der Waals surface area contributed by atoms with Crippen LogP contribution in [0.2, 0.25) is 0 Å². The molecule has 0 unspecified atom stereocenters. The van der Waals surface area contributed by atoms with E-state index in [0.29, 0.717) is 6.54 Å². The lowest BCUT2D eigenvalue weighted by Gasteiger charge is -2.06. The van der Waals surface area contributed by atoms with E-state index >= 15 is 0 Å². The number of aromatic nitrogens is 4. The highest BCUT2D eigenvalue weighted by atomic mass is 32.2. The first-order valence-electron chi connectivity index (χ1n) is 6.91. The van der Waals surface area contributed by atoms with Crippen molar-refractivity contribution >= 4 is 33.3 Å². The van der Waals surface area contributed by atoms with Gasteiger partial charge in [0.1, 0.15) is 10.8 Å². The van der Waals surface area contributed by atoms with Crippen LogP contribution >= 0.6 is 23.1 Å². The zero-order valence-electron chi connectivity index (χ0n) is 11.8. The number of thiazole rings is 1. The lowest BCUT2D eigenvalue weighted by atomic mass is 10.3. The third-order valence-corrected chi connectivity index (χ3v) is 5.28. The number of hydrogen-bond acceptors (Lipinski definition) is 6. The second kappa shape index (κ2) is 6.55. The first-order valence-corrected chi connectivity index (χ1v) is 8.71. The van der Waals surface area contributed by atoms with E-state index in [1.165, 1.54) is 4.70 Å². The van der Waals surface area contributed by atoms with Crippen LogP contribution in [-0.2, 0) is 18.8 Å². The molecule has 5 nitrogen and oxygen atoms in total. The minimum absolute atomic E-state index is 0.425. The lowest BCUT2D eigenvalue weighted by Crippen LogP contribution is -2.09. The summed E-state index contributed by atoms with van der Waals surface area (Å²) in [6.07, 6.45) is 1.04. The van der Waals surface area contributed by atoms with Gasteiger partial charge in [-0.05, 0) is 18.6 Å². The number of para-hydroxylation sites is 1. The molecule has 2 aromatic heterocycles. The molecule has 3 aromatic rings. The van der Waals surface area contributed by atoms with Crippen LogP contribution in [0.1, 0.15) is 24.2 Å². The van der Waals surface area contributed by atoms with Crippen LogP contribution in [-0.4, -0.2) is 19.7 Å². The summed E-state index contributed by atoms with van der Waals surface area (Å²) in [5.41, 5.74) is 6.78. The average Bonchev–Trinajstić information content (AvgIpc) is 3.08. The minimum atomic E-state index is 0.425. The molecule has 0 aliphatic carbocycles. The molecule has 110 valence electrons. The predicted molar refractivity (Wildman–Crippen MR) is 87.4 cm³/mol. The fourth-order valence-electron chi connectivity index (χ4n) is 2.13. The maximum absolute atomic E-state index is 5.71. The van der Waals surface area contributed by atoms with E-state index in [1.54, 1.807) is 23.1 Å². The Labute approximate surface area is 131 Å². The second-order valence-corrected chi connectivity index (χ2v) is 6.68. The van der Waals surface area contributed by atoms with Gasteiger partial charge >= 0.3 is 0 Å². The van der Waals surface area contributed by atoms with Crippen LogP contribution in [0.15, 0.2) is 29.4 Å². The highest BCUT2D eigenvalue weighted by Crippen LogP contribution is 2.28. The summed E-state index contributed by atoms with van der Waals surface area (Å²) in [6, 6.07) is 8.21. The van der Waals surface area contributed by atoms with E-state index in [0.717, 1.165) is 40.2 Å². The molecule has 0 amide bonds. The topological polar surface area (TPSA) is 69.6 Å². The number of hydrogen-bond donors (Lipinski definition) is 1. The fraction of sp³-hybridized carbons (Fsp3) is 0.357. The van der Waals surface area contributed by atoms with Gasteiger partial charge in [0.2, 0.25) is 0 Å². The molecule has 3 rings (SSSR count). The SMILES string of the molecule is CCCn1c(CN)nnc1SCc1nc2ccccc2s1. The normalized spacial score (nSPS) is 11.3. The zero-order valence-corrected chi connectivity index (χ0v) is 13.5. The highest BCUT2D eigenvalue weighted by molar-refractivity contribution is 7.98. The number of thioether (sulfide) groups is 1. The third kappa shape index (κ3) is 3.09. The number of rotatable bonds is 6. The van der Waals surface area contributed by atoms with Crippen molar-refractivity contribution in [2.24, 2.45) is 5.73 Å². The summed E-state index contributed by atoms with van der Waals surface area (Å²) in [4.78, 5) is 4.65. The highest BCUT2D eigenvalue weighted by Gasteiger charge is 2.12. The predicted octanol–water partition coefficient (Wildman–Crippen LogP) is 3.05. The minimum Gasteiger partial charge on any atom is -0.324 e. The van der Waals surface area contributed by atoms with Gasteiger partial charge in [0.25, 0.3) is 0 Å². The van der Waals surface area contributed by atoms with Gasteiger partial charge in [-0.15, -0.1) is 21.5 Å². The molecule has 0 saturated carbocycles. The van der Waals surface area contributed by atoms with Crippen LogP contribution in [0.4, 0.5) is 0 Å². The molecule has 7 heteroatoms. The summed E-state index contributed by atoms with van der Waals surface area (Å²) in [7, 11) is 0. The molecule has 0 fully saturated rings. The Morgan fingerprint density at radius 3 is 2.90 bits per heavy atom. The molecule has 21 heavy (non-hydrogen) atoms. The summed E-state index contributed by atoms with van der Waals surface area (Å²) >= 11 is 3.41. The Morgan fingerprint density at radius 2 is 2.14 bits per heavy atom. The number of fused-ring (bicyclic) bond motifs is 1. The smallest absolute Gasteiger partial charge is 0.191 e. The average molecular weight is 319 g/mol. The summed E-state index contributed by atoms with van der Waals surface area (Å²) in [5.74, 6) is 1.66. The van der Waals surface area contributed by atoms with Crippen LogP contribution in [0.3, 0.4) is 0 Å². The summed E-state index contributed by atoms with van der Waals surface area (Å²) in [6.45, 7) is 3.47. The van der Waals surface area contributed by atoms with Crippen LogP contribution < -0.4 is 5.73 Å². The van der Waals surface area contributed by atoms with Gasteiger partial charge in [-0.25, -0.2) is 4.98 Å². The number of nitrogens with two attached hydrogens (primary N) is 1. The molecule has 0 bridgehead atoms. The van der Waals surface area contributed by atoms with Crippen LogP contribution in [0.25, 0.3) is 10.2 Å². The lowest BCUT2D eigenvalue weighted by molar-refractivity contribution is 0.592. The maximum atomic E-state index is 5.71. The van der Waals surface area contributed by atoms with Crippen molar-refractivity contribution in [1.82, 2.24) is 19.7 Å². The third-order valence-electron chi connectivity index (χ3n) is 3.09. The van der Waals surface area contributed by atoms with Gasteiger partial charge in [0.15, 0.2) is 5.16 Å². The standard InChI is InChI=1S/C14H17N5S2/c1-2-7-19-12(8-15)17-18-14(19)20-9-13-16-10-5-3-4-6-11(10)21-13/h3-6H,2,7-9,15H2,1H3. The van der Waals surface area contributed by atoms with Crippen molar-refractivity contribution in [1.29, 1.82) is 0 Å². The quantitative estimate of drug-likeness (QED) is 0.707.